The Morgan fingerprint density at radius 3 is 2.13 bits per heavy atom. The molecule has 0 radical (unpaired) electrons. The van der Waals surface area contributed by atoms with Crippen molar-refractivity contribution in [3.63, 3.8) is 0 Å². The van der Waals surface area contributed by atoms with E-state index in [0.29, 0.717) is 6.04 Å². The lowest BCUT2D eigenvalue weighted by atomic mass is 10.1. The number of nitrogens with one attached hydrogen (secondary N) is 1. The normalized spacial score (nSPS) is 11.1. The van der Waals surface area contributed by atoms with E-state index in [1.165, 1.54) is 32.1 Å². The van der Waals surface area contributed by atoms with E-state index in [9.17, 15) is 0 Å². The molecule has 90 valence electrons. The quantitative estimate of drug-likeness (QED) is 0.442. The van der Waals surface area contributed by atoms with Crippen molar-refractivity contribution in [3.8, 4) is 0 Å². The Morgan fingerprint density at radius 1 is 1.07 bits per heavy atom. The van der Waals surface area contributed by atoms with Crippen LogP contribution in [0.25, 0.3) is 0 Å². The fourth-order valence-corrected chi connectivity index (χ4v) is 1.39. The Bertz CT molecular complexity index is 129. The fraction of sp³-hybridized carbons (Fsp3) is 0.714. The minimum atomic E-state index is 0.499. The van der Waals surface area contributed by atoms with Gasteiger partial charge in [-0.15, -0.1) is 13.2 Å². The first-order valence-corrected chi connectivity index (χ1v) is 6.26. The molecule has 1 nitrogen and oxygen atoms in total. The number of hydrogen-bond donors (Lipinski definition) is 1. The predicted molar refractivity (Wildman–Crippen MR) is 72.3 cm³/mol. The minimum absolute atomic E-state index is 0.499. The fourth-order valence-electron chi connectivity index (χ4n) is 1.39. The summed E-state index contributed by atoms with van der Waals surface area (Å²) >= 11 is 0. The maximum absolute atomic E-state index is 3.78. The molecule has 1 unspecified atom stereocenters. The molecule has 1 atom stereocenters. The van der Waals surface area contributed by atoms with Crippen LogP contribution in [0.3, 0.4) is 0 Å². The van der Waals surface area contributed by atoms with E-state index in [0.717, 1.165) is 6.42 Å². The minimum Gasteiger partial charge on any atom is -0.314 e. The number of unbranched alkanes of at least 4 members (excludes halogenated alkanes) is 4. The molecule has 0 aromatic carbocycles. The van der Waals surface area contributed by atoms with Crippen molar-refractivity contribution in [2.24, 2.45) is 0 Å². The standard InChI is InChI=1S/C12H23N.C2H6/c1-4-6-7-8-9-10-11-12(5-2)13-3;1-2/h4-5,12-13H,1-2,6-11H2,3H3;1-2H3. The van der Waals surface area contributed by atoms with Crippen LogP contribution >= 0.6 is 0 Å². The second-order valence-corrected chi connectivity index (χ2v) is 3.41. The van der Waals surface area contributed by atoms with Gasteiger partial charge in [-0.1, -0.05) is 45.3 Å². The van der Waals surface area contributed by atoms with Crippen LogP contribution in [0.1, 0.15) is 52.4 Å². The Hall–Kier alpha value is -0.560. The highest BCUT2D eigenvalue weighted by Crippen LogP contribution is 2.07. The van der Waals surface area contributed by atoms with E-state index in [2.05, 4.69) is 18.5 Å². The first-order valence-electron chi connectivity index (χ1n) is 6.26. The molecule has 0 aliphatic rings. The molecular formula is C14H29N. The zero-order chi connectivity index (χ0) is 11.9. The van der Waals surface area contributed by atoms with Gasteiger partial charge in [0.15, 0.2) is 0 Å². The van der Waals surface area contributed by atoms with Crippen molar-refractivity contribution in [2.75, 3.05) is 7.05 Å². The SMILES string of the molecule is C=CCCCCCCC(C=C)NC.CC. The third kappa shape index (κ3) is 13.4. The maximum Gasteiger partial charge on any atom is 0.0244 e. The van der Waals surface area contributed by atoms with Crippen molar-refractivity contribution in [1.29, 1.82) is 0 Å². The zero-order valence-electron chi connectivity index (χ0n) is 10.9. The molecule has 0 amide bonds. The average molecular weight is 211 g/mol. The highest BCUT2D eigenvalue weighted by molar-refractivity contribution is 4.83. The van der Waals surface area contributed by atoms with Gasteiger partial charge in [-0.3, -0.25) is 0 Å². The van der Waals surface area contributed by atoms with Crippen molar-refractivity contribution in [1.82, 2.24) is 5.32 Å². The van der Waals surface area contributed by atoms with E-state index in [1.54, 1.807) is 0 Å². The van der Waals surface area contributed by atoms with Gasteiger partial charge in [0.25, 0.3) is 0 Å². The summed E-state index contributed by atoms with van der Waals surface area (Å²) in [5.74, 6) is 0. The highest BCUT2D eigenvalue weighted by atomic mass is 14.8. The van der Waals surface area contributed by atoms with Crippen LogP contribution in [0.5, 0.6) is 0 Å². The van der Waals surface area contributed by atoms with Crippen molar-refractivity contribution >= 4 is 0 Å². The molecule has 0 aromatic heterocycles. The largest absolute Gasteiger partial charge is 0.314 e. The van der Waals surface area contributed by atoms with E-state index in [4.69, 9.17) is 0 Å². The molecule has 1 N–H and O–H groups in total. The lowest BCUT2D eigenvalue weighted by Crippen LogP contribution is -2.21. The second kappa shape index (κ2) is 15.9. The Kier molecular flexibility index (Phi) is 17.9. The molecule has 0 bridgehead atoms. The van der Waals surface area contributed by atoms with Gasteiger partial charge in [-0.2, -0.15) is 0 Å². The van der Waals surface area contributed by atoms with Crippen molar-refractivity contribution in [3.05, 3.63) is 25.3 Å². The first-order chi connectivity index (χ1) is 7.35. The number of allylic oxidation sites excluding steroid dienone is 1. The summed E-state index contributed by atoms with van der Waals surface area (Å²) in [5, 5.41) is 3.22. The van der Waals surface area contributed by atoms with Crippen LogP contribution in [0.15, 0.2) is 25.3 Å². The molecule has 0 saturated carbocycles. The lowest BCUT2D eigenvalue weighted by molar-refractivity contribution is 0.547. The van der Waals surface area contributed by atoms with Gasteiger partial charge in [0.1, 0.15) is 0 Å². The van der Waals surface area contributed by atoms with Crippen LogP contribution in [-0.4, -0.2) is 13.1 Å². The monoisotopic (exact) mass is 211 g/mol. The van der Waals surface area contributed by atoms with Gasteiger partial charge >= 0.3 is 0 Å². The predicted octanol–water partition coefficient (Wildman–Crippen LogP) is 4.31. The molecule has 1 heteroatoms. The summed E-state index contributed by atoms with van der Waals surface area (Å²) in [5.41, 5.74) is 0. The van der Waals surface area contributed by atoms with Gasteiger partial charge in [-0.25, -0.2) is 0 Å². The van der Waals surface area contributed by atoms with Crippen molar-refractivity contribution in [2.45, 2.75) is 58.4 Å². The molecule has 0 heterocycles. The van der Waals surface area contributed by atoms with Gasteiger partial charge in [0.05, 0.1) is 0 Å². The second-order valence-electron chi connectivity index (χ2n) is 3.41. The number of hydrogen-bond acceptors (Lipinski definition) is 1. The van der Waals surface area contributed by atoms with E-state index >= 15 is 0 Å². The third-order valence-electron chi connectivity index (χ3n) is 2.33. The summed E-state index contributed by atoms with van der Waals surface area (Å²) in [7, 11) is 1.99. The van der Waals surface area contributed by atoms with E-state index < -0.39 is 0 Å². The summed E-state index contributed by atoms with van der Waals surface area (Å²) in [6, 6.07) is 0.499. The molecule has 0 spiro atoms. The van der Waals surface area contributed by atoms with Crippen LogP contribution in [0, 0.1) is 0 Å². The van der Waals surface area contributed by atoms with Gasteiger partial charge in [0.2, 0.25) is 0 Å². The van der Waals surface area contributed by atoms with Gasteiger partial charge in [0, 0.05) is 6.04 Å². The Labute approximate surface area is 96.7 Å². The molecule has 0 fully saturated rings. The third-order valence-corrected chi connectivity index (χ3v) is 2.33. The smallest absolute Gasteiger partial charge is 0.0244 e. The van der Waals surface area contributed by atoms with Gasteiger partial charge < -0.3 is 5.32 Å². The number of rotatable bonds is 9. The Balaban J connectivity index is 0. The summed E-state index contributed by atoms with van der Waals surface area (Å²) < 4.78 is 0. The van der Waals surface area contributed by atoms with Crippen molar-refractivity contribution < 1.29 is 0 Å². The summed E-state index contributed by atoms with van der Waals surface area (Å²) in [6.45, 7) is 11.5. The number of likely N-dealkylation sites (N-methyl/N-ethyl adjacent to an activating group) is 1. The van der Waals surface area contributed by atoms with Crippen LogP contribution in [-0.2, 0) is 0 Å². The zero-order valence-corrected chi connectivity index (χ0v) is 10.9. The van der Waals surface area contributed by atoms with E-state index in [1.807, 2.05) is 33.0 Å². The molecule has 0 aliphatic heterocycles. The molecule has 0 aliphatic carbocycles. The molecule has 0 saturated heterocycles. The topological polar surface area (TPSA) is 12.0 Å². The first kappa shape index (κ1) is 16.9. The van der Waals surface area contributed by atoms with Crippen LogP contribution in [0.2, 0.25) is 0 Å². The molecule has 0 aromatic rings. The Morgan fingerprint density at radius 2 is 1.67 bits per heavy atom. The highest BCUT2D eigenvalue weighted by Gasteiger charge is 1.98. The average Bonchev–Trinajstić information content (AvgIpc) is 2.31. The lowest BCUT2D eigenvalue weighted by Gasteiger charge is -2.09. The molecular weight excluding hydrogens is 182 g/mol. The van der Waals surface area contributed by atoms with Crippen LogP contribution in [0.4, 0.5) is 0 Å². The summed E-state index contributed by atoms with van der Waals surface area (Å²) in [6.07, 6.45) is 11.6. The molecule has 0 rings (SSSR count). The van der Waals surface area contributed by atoms with Crippen LogP contribution < -0.4 is 5.32 Å². The molecule has 15 heavy (non-hydrogen) atoms. The summed E-state index contributed by atoms with van der Waals surface area (Å²) in [4.78, 5) is 0. The maximum atomic E-state index is 3.78. The van der Waals surface area contributed by atoms with Gasteiger partial charge in [-0.05, 0) is 26.3 Å². The van der Waals surface area contributed by atoms with E-state index in [-0.39, 0.29) is 0 Å².